The maximum Gasteiger partial charge on any atom is 0.137 e. The van der Waals surface area contributed by atoms with E-state index in [-0.39, 0.29) is 5.41 Å². The van der Waals surface area contributed by atoms with E-state index in [1.54, 1.807) is 11.1 Å². The number of para-hydroxylation sites is 2. The van der Waals surface area contributed by atoms with Crippen molar-refractivity contribution in [1.29, 1.82) is 0 Å². The second-order valence-corrected chi connectivity index (χ2v) is 13.4. The van der Waals surface area contributed by atoms with E-state index in [9.17, 15) is 0 Å². The summed E-state index contributed by atoms with van der Waals surface area (Å²) in [7, 11) is 0. The molecule has 11 rings (SSSR count). The molecule has 204 valence electrons. The summed E-state index contributed by atoms with van der Waals surface area (Å²) in [6.07, 6.45) is 7.06. The van der Waals surface area contributed by atoms with E-state index in [0.29, 0.717) is 0 Å². The van der Waals surface area contributed by atoms with Crippen LogP contribution in [0.15, 0.2) is 120 Å². The summed E-state index contributed by atoms with van der Waals surface area (Å²) < 4.78 is 6.36. The van der Waals surface area contributed by atoms with Gasteiger partial charge >= 0.3 is 0 Å². The first-order chi connectivity index (χ1) is 20.8. The van der Waals surface area contributed by atoms with Gasteiger partial charge in [0.1, 0.15) is 11.2 Å². The van der Waals surface area contributed by atoms with Gasteiger partial charge in [-0.2, -0.15) is 0 Å². The third-order valence-electron chi connectivity index (χ3n) is 11.4. The molecule has 0 saturated heterocycles. The predicted molar refractivity (Wildman–Crippen MR) is 172 cm³/mol. The van der Waals surface area contributed by atoms with Crippen LogP contribution >= 0.6 is 0 Å². The fraction of sp³-hybridized carbons (Fsp3) is 0.250. The summed E-state index contributed by atoms with van der Waals surface area (Å²) in [4.78, 5) is 2.47. The summed E-state index contributed by atoms with van der Waals surface area (Å²) in [6, 6.07) is 42.6. The van der Waals surface area contributed by atoms with E-state index in [2.05, 4.69) is 120 Å². The Balaban J connectivity index is 1.24. The van der Waals surface area contributed by atoms with Gasteiger partial charge in [0.05, 0.1) is 11.1 Å². The molecule has 0 unspecified atom stereocenters. The van der Waals surface area contributed by atoms with Gasteiger partial charge in [-0.25, -0.2) is 0 Å². The second-order valence-electron chi connectivity index (χ2n) is 13.4. The van der Waals surface area contributed by atoms with Crippen LogP contribution in [-0.2, 0) is 5.41 Å². The zero-order valence-corrected chi connectivity index (χ0v) is 23.7. The first-order valence-corrected chi connectivity index (χ1v) is 15.8. The van der Waals surface area contributed by atoms with Gasteiger partial charge in [0.25, 0.3) is 0 Å². The van der Waals surface area contributed by atoms with Gasteiger partial charge in [-0.1, -0.05) is 72.8 Å². The standard InChI is InChI=1S/C40H33NO/c1-2-9-29(10-3-1)41(36-14-8-16-38-39(36)33-12-5-7-15-37(33)42-38)30-17-18-32-31-11-4-6-13-34(31)40(35(32)24-30)27-20-25-19-26(22-27)23-28(40)21-25/h1-18,24-28H,19-23H2. The second kappa shape index (κ2) is 8.38. The number of anilines is 3. The van der Waals surface area contributed by atoms with Gasteiger partial charge in [0, 0.05) is 22.2 Å². The fourth-order valence-corrected chi connectivity index (χ4v) is 10.2. The molecule has 6 aromatic rings. The maximum absolute atomic E-state index is 6.36. The van der Waals surface area contributed by atoms with E-state index in [0.717, 1.165) is 40.2 Å². The van der Waals surface area contributed by atoms with E-state index in [4.69, 9.17) is 4.42 Å². The van der Waals surface area contributed by atoms with Gasteiger partial charge in [-0.05, 0) is 120 Å². The molecule has 0 radical (unpaired) electrons. The highest BCUT2D eigenvalue weighted by Crippen LogP contribution is 2.69. The predicted octanol–water partition coefficient (Wildman–Crippen LogP) is 10.8. The summed E-state index contributed by atoms with van der Waals surface area (Å²) in [5, 5.41) is 2.33. The molecule has 2 heteroatoms. The van der Waals surface area contributed by atoms with Gasteiger partial charge in [-0.15, -0.1) is 0 Å². The Labute approximate surface area is 246 Å². The van der Waals surface area contributed by atoms with Crippen molar-refractivity contribution in [2.45, 2.75) is 37.5 Å². The van der Waals surface area contributed by atoms with Crippen molar-refractivity contribution >= 4 is 39.0 Å². The minimum atomic E-state index is 0.145. The van der Waals surface area contributed by atoms with E-state index in [1.807, 2.05) is 0 Å². The van der Waals surface area contributed by atoms with Crippen molar-refractivity contribution in [3.8, 4) is 11.1 Å². The molecule has 4 saturated carbocycles. The molecule has 1 aromatic heterocycles. The molecule has 1 heterocycles. The third kappa shape index (κ3) is 2.95. The number of furan rings is 1. The van der Waals surface area contributed by atoms with Crippen LogP contribution in [0.5, 0.6) is 0 Å². The molecule has 42 heavy (non-hydrogen) atoms. The van der Waals surface area contributed by atoms with Crippen molar-refractivity contribution < 1.29 is 4.42 Å². The molecule has 5 aliphatic rings. The largest absolute Gasteiger partial charge is 0.456 e. The van der Waals surface area contributed by atoms with Crippen molar-refractivity contribution in [2.75, 3.05) is 4.90 Å². The quantitative estimate of drug-likeness (QED) is 0.221. The number of nitrogens with zero attached hydrogens (tertiary/aromatic N) is 1. The van der Waals surface area contributed by atoms with Crippen molar-refractivity contribution in [1.82, 2.24) is 0 Å². The van der Waals surface area contributed by atoms with Crippen molar-refractivity contribution in [3.63, 3.8) is 0 Å². The average Bonchev–Trinajstić information content (AvgIpc) is 3.55. The maximum atomic E-state index is 6.36. The molecular weight excluding hydrogens is 510 g/mol. The Morgan fingerprint density at radius 3 is 2.07 bits per heavy atom. The Bertz CT molecular complexity index is 1990. The number of hydrogen-bond acceptors (Lipinski definition) is 2. The monoisotopic (exact) mass is 543 g/mol. The van der Waals surface area contributed by atoms with E-state index < -0.39 is 0 Å². The Morgan fingerprint density at radius 2 is 1.24 bits per heavy atom. The summed E-state index contributed by atoms with van der Waals surface area (Å²) in [5.41, 5.74) is 11.7. The van der Waals surface area contributed by atoms with Crippen molar-refractivity contribution in [2.24, 2.45) is 23.7 Å². The summed E-state index contributed by atoms with van der Waals surface area (Å²) >= 11 is 0. The van der Waals surface area contributed by atoms with Crippen LogP contribution in [0.1, 0.15) is 43.2 Å². The zero-order chi connectivity index (χ0) is 27.4. The molecule has 4 bridgehead atoms. The summed E-state index contributed by atoms with van der Waals surface area (Å²) in [5.74, 6) is 3.37. The van der Waals surface area contributed by atoms with Crippen LogP contribution < -0.4 is 4.90 Å². The normalized spacial score (nSPS) is 26.7. The smallest absolute Gasteiger partial charge is 0.137 e. The number of rotatable bonds is 3. The van der Waals surface area contributed by atoms with Gasteiger partial charge in [0.2, 0.25) is 0 Å². The highest BCUT2D eigenvalue weighted by atomic mass is 16.3. The van der Waals surface area contributed by atoms with Crippen LogP contribution in [0, 0.1) is 23.7 Å². The minimum Gasteiger partial charge on any atom is -0.456 e. The van der Waals surface area contributed by atoms with Crippen LogP contribution in [0.2, 0.25) is 0 Å². The van der Waals surface area contributed by atoms with Crippen LogP contribution in [0.4, 0.5) is 17.1 Å². The molecule has 4 fully saturated rings. The Kier molecular flexibility index (Phi) is 4.65. The van der Waals surface area contributed by atoms with Gasteiger partial charge in [0.15, 0.2) is 0 Å². The van der Waals surface area contributed by atoms with Gasteiger partial charge < -0.3 is 9.32 Å². The molecule has 1 spiro atoms. The fourth-order valence-electron chi connectivity index (χ4n) is 10.2. The topological polar surface area (TPSA) is 16.4 Å². The lowest BCUT2D eigenvalue weighted by atomic mass is 9.43. The summed E-state index contributed by atoms with van der Waals surface area (Å²) in [6.45, 7) is 0. The first kappa shape index (κ1) is 23.3. The first-order valence-electron chi connectivity index (χ1n) is 15.8. The van der Waals surface area contributed by atoms with Crippen LogP contribution in [0.3, 0.4) is 0 Å². The molecule has 5 aromatic carbocycles. The van der Waals surface area contributed by atoms with Crippen molar-refractivity contribution in [3.05, 3.63) is 126 Å². The highest BCUT2D eigenvalue weighted by molar-refractivity contribution is 6.13. The van der Waals surface area contributed by atoms with E-state index >= 15 is 0 Å². The lowest BCUT2D eigenvalue weighted by molar-refractivity contribution is -0.0399. The molecule has 5 aliphatic carbocycles. The third-order valence-corrected chi connectivity index (χ3v) is 11.4. The average molecular weight is 544 g/mol. The molecule has 0 aliphatic heterocycles. The Morgan fingerprint density at radius 1 is 0.548 bits per heavy atom. The number of fused-ring (bicyclic) bond motifs is 6. The van der Waals surface area contributed by atoms with Crippen LogP contribution in [-0.4, -0.2) is 0 Å². The molecule has 0 N–H and O–H groups in total. The molecule has 2 nitrogen and oxygen atoms in total. The minimum absolute atomic E-state index is 0.145. The highest BCUT2D eigenvalue weighted by Gasteiger charge is 2.61. The molecular formula is C40H33NO. The lowest BCUT2D eigenvalue weighted by Crippen LogP contribution is -2.55. The van der Waals surface area contributed by atoms with Crippen LogP contribution in [0.25, 0.3) is 33.1 Å². The van der Waals surface area contributed by atoms with E-state index in [1.165, 1.54) is 65.7 Å². The Hall–Kier alpha value is -4.30. The van der Waals surface area contributed by atoms with Gasteiger partial charge in [-0.3, -0.25) is 0 Å². The lowest BCUT2D eigenvalue weighted by Gasteiger charge is -2.61. The molecule has 0 atom stereocenters. The molecule has 0 amide bonds. The number of benzene rings is 5. The number of hydrogen-bond donors (Lipinski definition) is 0. The SMILES string of the molecule is c1ccc(N(c2ccc3c(c2)C2(c4ccccc4-3)C3CC4CC(C3)CC2C4)c2cccc3oc4ccccc4c23)cc1. The zero-order valence-electron chi connectivity index (χ0n) is 23.7.